The van der Waals surface area contributed by atoms with Crippen LogP contribution in [0.15, 0.2) is 48.5 Å². The van der Waals surface area contributed by atoms with Crippen molar-refractivity contribution in [3.63, 3.8) is 0 Å². The van der Waals surface area contributed by atoms with E-state index in [0.29, 0.717) is 17.3 Å². The summed E-state index contributed by atoms with van der Waals surface area (Å²) in [6, 6.07) is 15.0. The number of β-lactam (4-membered cyclic amide) rings is 1. The average Bonchev–Trinajstić information content (AvgIpc) is 2.62. The first-order valence-corrected chi connectivity index (χ1v) is 9.01. The first-order chi connectivity index (χ1) is 12.1. The van der Waals surface area contributed by atoms with Gasteiger partial charge in [-0.3, -0.25) is 4.79 Å². The van der Waals surface area contributed by atoms with Gasteiger partial charge in [-0.1, -0.05) is 36.7 Å². The zero-order chi connectivity index (χ0) is 17.8. The number of hydrogen-bond donors (Lipinski definition) is 1. The number of anilines is 1. The number of benzene rings is 2. The monoisotopic (exact) mass is 394 g/mol. The molecule has 140 valence electrons. The SMILES string of the molecule is CCCNCC1C(Oc2ccc(Cl)cc2)C(=O)N1c1ccccc1C.Cl. The molecule has 3 rings (SSSR count). The lowest BCUT2D eigenvalue weighted by molar-refractivity contribution is -0.134. The molecule has 1 aliphatic heterocycles. The van der Waals surface area contributed by atoms with Gasteiger partial charge in [0.2, 0.25) is 0 Å². The van der Waals surface area contributed by atoms with Crippen LogP contribution in [0.25, 0.3) is 0 Å². The van der Waals surface area contributed by atoms with Gasteiger partial charge in [0.15, 0.2) is 6.10 Å². The second kappa shape index (κ2) is 9.26. The maximum atomic E-state index is 12.8. The summed E-state index contributed by atoms with van der Waals surface area (Å²) >= 11 is 5.92. The molecule has 1 N–H and O–H groups in total. The number of ether oxygens (including phenoxy) is 1. The largest absolute Gasteiger partial charge is 0.478 e. The molecule has 1 amide bonds. The van der Waals surface area contributed by atoms with Crippen LogP contribution in [0, 0.1) is 6.92 Å². The molecule has 0 radical (unpaired) electrons. The molecule has 4 nitrogen and oxygen atoms in total. The summed E-state index contributed by atoms with van der Waals surface area (Å²) in [7, 11) is 0. The molecule has 0 aliphatic carbocycles. The Labute approximate surface area is 165 Å². The minimum atomic E-state index is -0.481. The number of carbonyl (C=O) groups excluding carboxylic acids is 1. The Kier molecular flexibility index (Phi) is 7.33. The van der Waals surface area contributed by atoms with Gasteiger partial charge in [-0.15, -0.1) is 12.4 Å². The number of para-hydroxylation sites is 1. The maximum Gasteiger partial charge on any atom is 0.270 e. The zero-order valence-electron chi connectivity index (χ0n) is 14.9. The molecule has 6 heteroatoms. The van der Waals surface area contributed by atoms with Crippen molar-refractivity contribution in [1.82, 2.24) is 5.32 Å². The van der Waals surface area contributed by atoms with Crippen molar-refractivity contribution in [2.45, 2.75) is 32.4 Å². The number of carbonyl (C=O) groups is 1. The van der Waals surface area contributed by atoms with Crippen molar-refractivity contribution in [3.05, 3.63) is 59.1 Å². The van der Waals surface area contributed by atoms with Gasteiger partial charge in [0, 0.05) is 17.3 Å². The summed E-state index contributed by atoms with van der Waals surface area (Å²) in [6.07, 6.45) is 0.568. The summed E-state index contributed by atoms with van der Waals surface area (Å²) < 4.78 is 5.96. The molecule has 26 heavy (non-hydrogen) atoms. The van der Waals surface area contributed by atoms with Gasteiger partial charge >= 0.3 is 0 Å². The average molecular weight is 395 g/mol. The second-order valence-corrected chi connectivity index (χ2v) is 6.70. The smallest absolute Gasteiger partial charge is 0.270 e. The van der Waals surface area contributed by atoms with Crippen LogP contribution in [-0.4, -0.2) is 31.1 Å². The first-order valence-electron chi connectivity index (χ1n) is 8.63. The summed E-state index contributed by atoms with van der Waals surface area (Å²) in [4.78, 5) is 14.6. The van der Waals surface area contributed by atoms with Crippen LogP contribution in [0.4, 0.5) is 5.69 Å². The van der Waals surface area contributed by atoms with E-state index in [0.717, 1.165) is 24.2 Å². The molecule has 2 unspecified atom stereocenters. The van der Waals surface area contributed by atoms with Crippen molar-refractivity contribution >= 4 is 35.6 Å². The Bertz CT molecular complexity index is 737. The number of amides is 1. The molecule has 0 aromatic heterocycles. The molecule has 1 fully saturated rings. The maximum absolute atomic E-state index is 12.8. The minimum absolute atomic E-state index is 0. The van der Waals surface area contributed by atoms with E-state index in [-0.39, 0.29) is 24.4 Å². The van der Waals surface area contributed by atoms with E-state index in [4.69, 9.17) is 16.3 Å². The lowest BCUT2D eigenvalue weighted by Gasteiger charge is -2.47. The van der Waals surface area contributed by atoms with Crippen molar-refractivity contribution in [1.29, 1.82) is 0 Å². The van der Waals surface area contributed by atoms with E-state index < -0.39 is 6.10 Å². The Morgan fingerprint density at radius 1 is 1.15 bits per heavy atom. The third-order valence-electron chi connectivity index (χ3n) is 4.39. The lowest BCUT2D eigenvalue weighted by atomic mass is 9.95. The van der Waals surface area contributed by atoms with Crippen LogP contribution in [0.2, 0.25) is 5.02 Å². The van der Waals surface area contributed by atoms with Crippen LogP contribution in [0.1, 0.15) is 18.9 Å². The number of nitrogens with one attached hydrogen (secondary N) is 1. The van der Waals surface area contributed by atoms with Gasteiger partial charge in [-0.05, 0) is 55.8 Å². The van der Waals surface area contributed by atoms with E-state index in [1.165, 1.54) is 0 Å². The highest BCUT2D eigenvalue weighted by Gasteiger charge is 2.50. The minimum Gasteiger partial charge on any atom is -0.478 e. The second-order valence-electron chi connectivity index (χ2n) is 6.26. The summed E-state index contributed by atoms with van der Waals surface area (Å²) in [6.45, 7) is 5.76. The number of aryl methyl sites for hydroxylation is 1. The van der Waals surface area contributed by atoms with Gasteiger partial charge in [0.1, 0.15) is 5.75 Å². The van der Waals surface area contributed by atoms with Crippen molar-refractivity contribution in [3.8, 4) is 5.75 Å². The third kappa shape index (κ3) is 4.32. The highest BCUT2D eigenvalue weighted by Crippen LogP contribution is 2.33. The highest BCUT2D eigenvalue weighted by molar-refractivity contribution is 6.30. The van der Waals surface area contributed by atoms with Crippen LogP contribution in [0.5, 0.6) is 5.75 Å². The van der Waals surface area contributed by atoms with E-state index in [9.17, 15) is 4.79 Å². The fraction of sp³-hybridized carbons (Fsp3) is 0.350. The predicted molar refractivity (Wildman–Crippen MR) is 109 cm³/mol. The number of hydrogen-bond acceptors (Lipinski definition) is 3. The van der Waals surface area contributed by atoms with Gasteiger partial charge in [-0.25, -0.2) is 0 Å². The molecule has 1 heterocycles. The van der Waals surface area contributed by atoms with Crippen molar-refractivity contribution in [2.75, 3.05) is 18.0 Å². The number of halogens is 2. The first kappa shape index (κ1) is 20.6. The highest BCUT2D eigenvalue weighted by atomic mass is 35.5. The van der Waals surface area contributed by atoms with Crippen LogP contribution >= 0.6 is 24.0 Å². The molecular weight excluding hydrogens is 371 g/mol. The van der Waals surface area contributed by atoms with Crippen LogP contribution < -0.4 is 15.0 Å². The number of nitrogens with zero attached hydrogens (tertiary/aromatic N) is 1. The van der Waals surface area contributed by atoms with Gasteiger partial charge < -0.3 is 15.0 Å². The van der Waals surface area contributed by atoms with Gasteiger partial charge in [0.05, 0.1) is 6.04 Å². The molecule has 0 saturated carbocycles. The van der Waals surface area contributed by atoms with E-state index in [1.54, 1.807) is 24.3 Å². The van der Waals surface area contributed by atoms with Gasteiger partial charge in [0.25, 0.3) is 5.91 Å². The third-order valence-corrected chi connectivity index (χ3v) is 4.65. The normalized spacial score (nSPS) is 18.9. The van der Waals surface area contributed by atoms with Gasteiger partial charge in [-0.2, -0.15) is 0 Å². The van der Waals surface area contributed by atoms with E-state index >= 15 is 0 Å². The van der Waals surface area contributed by atoms with E-state index in [2.05, 4.69) is 12.2 Å². The fourth-order valence-corrected chi connectivity index (χ4v) is 3.19. The van der Waals surface area contributed by atoms with Crippen LogP contribution in [-0.2, 0) is 4.79 Å². The molecule has 1 aliphatic rings. The molecule has 1 saturated heterocycles. The molecular formula is C20H24Cl2N2O2. The fourth-order valence-electron chi connectivity index (χ4n) is 3.06. The Morgan fingerprint density at radius 3 is 2.50 bits per heavy atom. The zero-order valence-corrected chi connectivity index (χ0v) is 16.5. The quantitative estimate of drug-likeness (QED) is 0.564. The topological polar surface area (TPSA) is 41.6 Å². The Morgan fingerprint density at radius 2 is 1.85 bits per heavy atom. The Balaban J connectivity index is 0.00000243. The standard InChI is InChI=1S/C20H23ClN2O2.ClH/c1-3-12-22-13-18-19(25-16-10-8-15(21)9-11-16)20(24)23(18)17-7-5-4-6-14(17)2;/h4-11,18-19,22H,3,12-13H2,1-2H3;1H. The lowest BCUT2D eigenvalue weighted by Crippen LogP contribution is -2.70. The predicted octanol–water partition coefficient (Wildman–Crippen LogP) is 4.23. The van der Waals surface area contributed by atoms with E-state index in [1.807, 2.05) is 36.1 Å². The number of rotatable bonds is 7. The summed E-state index contributed by atoms with van der Waals surface area (Å²) in [5, 5.41) is 4.05. The summed E-state index contributed by atoms with van der Waals surface area (Å²) in [5.41, 5.74) is 2.04. The molecule has 0 spiro atoms. The van der Waals surface area contributed by atoms with Crippen molar-refractivity contribution in [2.24, 2.45) is 0 Å². The summed E-state index contributed by atoms with van der Waals surface area (Å²) in [5.74, 6) is 0.653. The molecule has 2 atom stereocenters. The molecule has 2 aromatic carbocycles. The van der Waals surface area contributed by atoms with Crippen molar-refractivity contribution < 1.29 is 9.53 Å². The molecule has 2 aromatic rings. The van der Waals surface area contributed by atoms with Crippen LogP contribution in [0.3, 0.4) is 0 Å². The Hall–Kier alpha value is -1.75. The molecule has 0 bridgehead atoms.